The van der Waals surface area contributed by atoms with Crippen molar-refractivity contribution in [3.05, 3.63) is 27.9 Å². The molecule has 0 aliphatic heterocycles. The maximum Gasteiger partial charge on any atom is 0.322 e. The molecule has 0 aromatic carbocycles. The van der Waals surface area contributed by atoms with Crippen LogP contribution in [0.5, 0.6) is 0 Å². The Balaban J connectivity index is 2.97. The van der Waals surface area contributed by atoms with Crippen molar-refractivity contribution >= 4 is 38.9 Å². The topological polar surface area (TPSA) is 83.5 Å². The van der Waals surface area contributed by atoms with Crippen LogP contribution in [0, 0.1) is 0 Å². The first-order valence-corrected chi connectivity index (χ1v) is 7.60. The van der Waals surface area contributed by atoms with Gasteiger partial charge in [0.2, 0.25) is 10.0 Å². The third kappa shape index (κ3) is 3.81. The van der Waals surface area contributed by atoms with Crippen molar-refractivity contribution < 1.29 is 18.3 Å². The summed E-state index contributed by atoms with van der Waals surface area (Å²) in [4.78, 5) is 10.9. The summed E-state index contributed by atoms with van der Waals surface area (Å²) in [6.07, 6.45) is 0.0241. The number of carboxylic acid groups (broad SMARTS) is 1. The van der Waals surface area contributed by atoms with E-state index in [4.69, 9.17) is 16.7 Å². The highest BCUT2D eigenvalue weighted by Crippen LogP contribution is 2.27. The van der Waals surface area contributed by atoms with Crippen molar-refractivity contribution in [3.63, 3.8) is 0 Å². The van der Waals surface area contributed by atoms with E-state index in [-0.39, 0.29) is 15.7 Å². The second-order valence-electron chi connectivity index (χ2n) is 3.73. The zero-order valence-electron chi connectivity index (χ0n) is 9.51. The normalized spacial score (nSPS) is 13.2. The Morgan fingerprint density at radius 1 is 1.67 bits per heavy atom. The molecular formula is C10H12ClNO4S2. The van der Waals surface area contributed by atoms with Gasteiger partial charge in [-0.15, -0.1) is 17.9 Å². The molecule has 1 aromatic heterocycles. The standard InChI is InChI=1S/C10H12ClNO4S2/c1-6(2)5-7(10(13)14)12-18(15,16)8-3-4-17-9(8)11/h3-4,7,12H,1,5H2,2H3,(H,13,14). The van der Waals surface area contributed by atoms with Gasteiger partial charge in [0.25, 0.3) is 0 Å². The van der Waals surface area contributed by atoms with Crippen LogP contribution in [-0.4, -0.2) is 25.5 Å². The first kappa shape index (κ1) is 15.2. The fourth-order valence-electron chi connectivity index (χ4n) is 1.25. The highest BCUT2D eigenvalue weighted by molar-refractivity contribution is 7.89. The molecule has 8 heteroatoms. The molecular weight excluding hydrogens is 298 g/mol. The summed E-state index contributed by atoms with van der Waals surface area (Å²) in [5, 5.41) is 10.5. The minimum absolute atomic E-state index is 0.0241. The fraction of sp³-hybridized carbons (Fsp3) is 0.300. The molecule has 1 unspecified atom stereocenters. The summed E-state index contributed by atoms with van der Waals surface area (Å²) >= 11 is 6.79. The highest BCUT2D eigenvalue weighted by atomic mass is 35.5. The Hall–Kier alpha value is -0.890. The van der Waals surface area contributed by atoms with Crippen LogP contribution in [0.1, 0.15) is 13.3 Å². The Kier molecular flexibility index (Phi) is 4.92. The Labute approximate surface area is 114 Å². The van der Waals surface area contributed by atoms with Crippen LogP contribution in [0.3, 0.4) is 0 Å². The number of hydrogen-bond donors (Lipinski definition) is 2. The molecule has 1 aromatic rings. The van der Waals surface area contributed by atoms with Crippen LogP contribution >= 0.6 is 22.9 Å². The molecule has 0 fully saturated rings. The van der Waals surface area contributed by atoms with Gasteiger partial charge in [0, 0.05) is 0 Å². The number of nitrogens with one attached hydrogen (secondary N) is 1. The van der Waals surface area contributed by atoms with Gasteiger partial charge in [-0.3, -0.25) is 4.79 Å². The largest absolute Gasteiger partial charge is 0.480 e. The molecule has 100 valence electrons. The highest BCUT2D eigenvalue weighted by Gasteiger charge is 2.27. The SMILES string of the molecule is C=C(C)CC(NS(=O)(=O)c1ccsc1Cl)C(=O)O. The first-order valence-electron chi connectivity index (χ1n) is 4.86. The summed E-state index contributed by atoms with van der Waals surface area (Å²) in [6.45, 7) is 5.19. The second-order valence-corrected chi connectivity index (χ2v) is 6.93. The number of carboxylic acids is 1. The zero-order chi connectivity index (χ0) is 13.9. The van der Waals surface area contributed by atoms with E-state index in [1.165, 1.54) is 11.4 Å². The Morgan fingerprint density at radius 2 is 2.28 bits per heavy atom. The van der Waals surface area contributed by atoms with Crippen molar-refractivity contribution in [1.29, 1.82) is 0 Å². The monoisotopic (exact) mass is 309 g/mol. The van der Waals surface area contributed by atoms with Gasteiger partial charge >= 0.3 is 5.97 Å². The molecule has 1 rings (SSSR count). The first-order chi connectivity index (χ1) is 8.24. The van der Waals surface area contributed by atoms with E-state index in [0.717, 1.165) is 11.3 Å². The predicted molar refractivity (Wildman–Crippen MR) is 70.5 cm³/mol. The van der Waals surface area contributed by atoms with Crippen molar-refractivity contribution in [2.75, 3.05) is 0 Å². The van der Waals surface area contributed by atoms with Gasteiger partial charge in [0.15, 0.2) is 0 Å². The molecule has 0 aliphatic carbocycles. The Morgan fingerprint density at radius 3 is 2.67 bits per heavy atom. The summed E-state index contributed by atoms with van der Waals surface area (Å²) < 4.78 is 26.1. The number of carbonyl (C=O) groups is 1. The lowest BCUT2D eigenvalue weighted by Gasteiger charge is -2.14. The van der Waals surface area contributed by atoms with Crippen molar-refractivity contribution in [1.82, 2.24) is 4.72 Å². The third-order valence-corrected chi connectivity index (χ3v) is 4.95. The molecule has 0 saturated carbocycles. The average Bonchev–Trinajstić information content (AvgIpc) is 2.62. The van der Waals surface area contributed by atoms with Gasteiger partial charge in [-0.25, -0.2) is 8.42 Å². The lowest BCUT2D eigenvalue weighted by molar-refractivity contribution is -0.138. The zero-order valence-corrected chi connectivity index (χ0v) is 11.9. The minimum Gasteiger partial charge on any atom is -0.480 e. The van der Waals surface area contributed by atoms with E-state index in [0.29, 0.717) is 5.57 Å². The minimum atomic E-state index is -3.93. The third-order valence-electron chi connectivity index (χ3n) is 2.02. The molecule has 0 aliphatic rings. The van der Waals surface area contributed by atoms with Crippen molar-refractivity contribution in [2.45, 2.75) is 24.3 Å². The van der Waals surface area contributed by atoms with E-state index in [2.05, 4.69) is 11.3 Å². The summed E-state index contributed by atoms with van der Waals surface area (Å²) in [6, 6.07) is 0.0816. The number of rotatable bonds is 6. The predicted octanol–water partition coefficient (Wildman–Crippen LogP) is 2.10. The molecule has 0 radical (unpaired) electrons. The molecule has 2 N–H and O–H groups in total. The van der Waals surface area contributed by atoms with Gasteiger partial charge in [-0.2, -0.15) is 4.72 Å². The number of hydrogen-bond acceptors (Lipinski definition) is 4. The molecule has 0 saturated heterocycles. The van der Waals surface area contributed by atoms with Gasteiger partial charge in [0.1, 0.15) is 15.3 Å². The van der Waals surface area contributed by atoms with E-state index in [9.17, 15) is 13.2 Å². The van der Waals surface area contributed by atoms with Crippen LogP contribution in [0.4, 0.5) is 0 Å². The number of sulfonamides is 1. The van der Waals surface area contributed by atoms with E-state index < -0.39 is 22.0 Å². The number of aliphatic carboxylic acids is 1. The fourth-order valence-corrected chi connectivity index (χ4v) is 3.99. The lowest BCUT2D eigenvalue weighted by Crippen LogP contribution is -2.40. The molecule has 0 spiro atoms. The van der Waals surface area contributed by atoms with Gasteiger partial charge < -0.3 is 5.11 Å². The maximum atomic E-state index is 11.9. The summed E-state index contributed by atoms with van der Waals surface area (Å²) in [5.41, 5.74) is 0.571. The van der Waals surface area contributed by atoms with E-state index >= 15 is 0 Å². The Bertz CT molecular complexity index is 564. The van der Waals surface area contributed by atoms with E-state index in [1.807, 2.05) is 0 Å². The van der Waals surface area contributed by atoms with Crippen LogP contribution in [0.15, 0.2) is 28.5 Å². The summed E-state index contributed by atoms with van der Waals surface area (Å²) in [7, 11) is -3.93. The van der Waals surface area contributed by atoms with Gasteiger partial charge in [-0.05, 0) is 24.8 Å². The van der Waals surface area contributed by atoms with Gasteiger partial charge in [-0.1, -0.05) is 17.2 Å². The second kappa shape index (κ2) is 5.83. The number of halogens is 1. The van der Waals surface area contributed by atoms with Crippen LogP contribution in [0.2, 0.25) is 4.34 Å². The number of thiophene rings is 1. The molecule has 1 heterocycles. The maximum absolute atomic E-state index is 11.9. The van der Waals surface area contributed by atoms with Crippen molar-refractivity contribution in [3.8, 4) is 0 Å². The molecule has 5 nitrogen and oxygen atoms in total. The van der Waals surface area contributed by atoms with Crippen molar-refractivity contribution in [2.24, 2.45) is 0 Å². The summed E-state index contributed by atoms with van der Waals surface area (Å²) in [5.74, 6) is -1.26. The lowest BCUT2D eigenvalue weighted by atomic mass is 10.1. The molecule has 1 atom stereocenters. The smallest absolute Gasteiger partial charge is 0.322 e. The molecule has 18 heavy (non-hydrogen) atoms. The quantitative estimate of drug-likeness (QED) is 0.788. The van der Waals surface area contributed by atoms with Crippen LogP contribution < -0.4 is 4.72 Å². The van der Waals surface area contributed by atoms with Crippen LogP contribution in [0.25, 0.3) is 0 Å². The molecule has 0 amide bonds. The van der Waals surface area contributed by atoms with E-state index in [1.54, 1.807) is 6.92 Å². The van der Waals surface area contributed by atoms with Gasteiger partial charge in [0.05, 0.1) is 0 Å². The van der Waals surface area contributed by atoms with Crippen LogP contribution in [-0.2, 0) is 14.8 Å². The molecule has 0 bridgehead atoms. The average molecular weight is 310 g/mol.